The highest BCUT2D eigenvalue weighted by atomic mass is 35.5. The van der Waals surface area contributed by atoms with Crippen molar-refractivity contribution >= 4 is 40.5 Å². The van der Waals surface area contributed by atoms with Gasteiger partial charge in [0, 0.05) is 28.2 Å². The van der Waals surface area contributed by atoms with E-state index in [1.54, 1.807) is 23.1 Å². The zero-order valence-corrected chi connectivity index (χ0v) is 17.5. The summed E-state index contributed by atoms with van der Waals surface area (Å²) in [5, 5.41) is 0.682. The van der Waals surface area contributed by atoms with Gasteiger partial charge in [-0.3, -0.25) is 4.79 Å². The number of nitrogens with zero attached hydrogens (tertiary/aromatic N) is 1. The topological polar surface area (TPSA) is 55.8 Å². The molecular weight excluding hydrogens is 410 g/mol. The second kappa shape index (κ2) is 7.89. The molecule has 3 aromatic rings. The van der Waals surface area contributed by atoms with Crippen LogP contribution in [0.4, 0.5) is 5.69 Å². The van der Waals surface area contributed by atoms with E-state index >= 15 is 0 Å². The number of rotatable bonds is 4. The van der Waals surface area contributed by atoms with Crippen molar-refractivity contribution in [3.8, 4) is 16.2 Å². The second-order valence-electron chi connectivity index (χ2n) is 6.55. The summed E-state index contributed by atoms with van der Waals surface area (Å²) in [5.41, 5.74) is 3.10. The van der Waals surface area contributed by atoms with Gasteiger partial charge in [-0.2, -0.15) is 0 Å². The molecule has 1 amide bonds. The van der Waals surface area contributed by atoms with E-state index < -0.39 is 5.97 Å². The third-order valence-electron chi connectivity index (χ3n) is 4.88. The number of amides is 1. The Morgan fingerprint density at radius 2 is 1.86 bits per heavy atom. The Kier molecular flexibility index (Phi) is 5.30. The van der Waals surface area contributed by atoms with Gasteiger partial charge in [-0.25, -0.2) is 4.79 Å². The number of hydrogen-bond donors (Lipinski definition) is 0. The summed E-state index contributed by atoms with van der Waals surface area (Å²) >= 11 is 7.46. The van der Waals surface area contributed by atoms with Gasteiger partial charge in [0.05, 0.1) is 19.1 Å². The van der Waals surface area contributed by atoms with Crippen molar-refractivity contribution in [1.82, 2.24) is 0 Å². The monoisotopic (exact) mass is 427 g/mol. The maximum atomic E-state index is 13.2. The Morgan fingerprint density at radius 3 is 2.55 bits per heavy atom. The lowest BCUT2D eigenvalue weighted by Crippen LogP contribution is -2.36. The number of hydrogen-bond acceptors (Lipinski definition) is 5. The molecule has 0 bridgehead atoms. The second-order valence-corrected chi connectivity index (χ2v) is 8.04. The average Bonchev–Trinajstić information content (AvgIpc) is 3.19. The number of esters is 1. The van der Waals surface area contributed by atoms with Gasteiger partial charge >= 0.3 is 5.97 Å². The van der Waals surface area contributed by atoms with Gasteiger partial charge in [0.25, 0.3) is 5.91 Å². The Bertz CT molecular complexity index is 1090. The molecule has 0 unspecified atom stereocenters. The maximum Gasteiger partial charge on any atom is 0.341 e. The van der Waals surface area contributed by atoms with Gasteiger partial charge in [0.2, 0.25) is 0 Å². The molecule has 2 heterocycles. The van der Waals surface area contributed by atoms with Crippen molar-refractivity contribution in [2.75, 3.05) is 25.7 Å². The van der Waals surface area contributed by atoms with Crippen LogP contribution in [0.2, 0.25) is 5.02 Å². The standard InChI is InChI=1S/C22H18ClNO4S/c1-27-18-12-16(7-8-17(18)22(26)28-2)24-10-9-14-11-19(29-20(14)21(24)25)13-3-5-15(23)6-4-13/h3-8,11-12H,9-10H2,1-2H3. The zero-order valence-electron chi connectivity index (χ0n) is 15.9. The first-order valence-electron chi connectivity index (χ1n) is 8.98. The Balaban J connectivity index is 1.65. The normalized spacial score (nSPS) is 13.2. The van der Waals surface area contributed by atoms with E-state index in [1.807, 2.05) is 24.3 Å². The summed E-state index contributed by atoms with van der Waals surface area (Å²) in [6.45, 7) is 0.559. The van der Waals surface area contributed by atoms with Crippen molar-refractivity contribution < 1.29 is 19.1 Å². The van der Waals surface area contributed by atoms with Crippen LogP contribution in [0.1, 0.15) is 25.6 Å². The van der Waals surface area contributed by atoms with Crippen LogP contribution < -0.4 is 9.64 Å². The molecule has 0 saturated carbocycles. The molecule has 1 aliphatic heterocycles. The first-order valence-corrected chi connectivity index (χ1v) is 10.2. The number of anilines is 1. The molecule has 0 fully saturated rings. The molecule has 1 aliphatic rings. The number of carbonyl (C=O) groups is 2. The molecule has 2 aromatic carbocycles. The van der Waals surface area contributed by atoms with Crippen LogP contribution in [0.5, 0.6) is 5.75 Å². The van der Waals surface area contributed by atoms with E-state index in [4.69, 9.17) is 21.1 Å². The van der Waals surface area contributed by atoms with Gasteiger partial charge in [-0.15, -0.1) is 11.3 Å². The summed E-state index contributed by atoms with van der Waals surface area (Å²) in [6, 6.07) is 14.7. The minimum Gasteiger partial charge on any atom is -0.496 e. The van der Waals surface area contributed by atoms with Gasteiger partial charge in [-0.05, 0) is 47.9 Å². The van der Waals surface area contributed by atoms with Crippen molar-refractivity contribution in [3.05, 3.63) is 69.6 Å². The van der Waals surface area contributed by atoms with E-state index in [0.29, 0.717) is 28.6 Å². The Morgan fingerprint density at radius 1 is 1.10 bits per heavy atom. The zero-order chi connectivity index (χ0) is 20.5. The van der Waals surface area contributed by atoms with Gasteiger partial charge in [0.15, 0.2) is 0 Å². The van der Waals surface area contributed by atoms with Gasteiger partial charge in [-0.1, -0.05) is 23.7 Å². The number of benzene rings is 2. The van der Waals surface area contributed by atoms with Crippen LogP contribution in [0.15, 0.2) is 48.5 Å². The SMILES string of the molecule is COC(=O)c1ccc(N2CCc3cc(-c4ccc(Cl)cc4)sc3C2=O)cc1OC. The number of carbonyl (C=O) groups excluding carboxylic acids is 2. The molecule has 1 aromatic heterocycles. The minimum absolute atomic E-state index is 0.0515. The van der Waals surface area contributed by atoms with Crippen molar-refractivity contribution in [2.45, 2.75) is 6.42 Å². The van der Waals surface area contributed by atoms with E-state index in [-0.39, 0.29) is 5.91 Å². The molecule has 29 heavy (non-hydrogen) atoms. The lowest BCUT2D eigenvalue weighted by molar-refractivity contribution is 0.0597. The largest absolute Gasteiger partial charge is 0.496 e. The first kappa shape index (κ1) is 19.5. The Hall–Kier alpha value is -2.83. The molecule has 148 valence electrons. The van der Waals surface area contributed by atoms with Crippen LogP contribution >= 0.6 is 22.9 Å². The molecule has 0 saturated heterocycles. The number of methoxy groups -OCH3 is 2. The third kappa shape index (κ3) is 3.61. The summed E-state index contributed by atoms with van der Waals surface area (Å²) < 4.78 is 10.1. The summed E-state index contributed by atoms with van der Waals surface area (Å²) in [6.07, 6.45) is 0.756. The first-order chi connectivity index (χ1) is 14.0. The van der Waals surface area contributed by atoms with Crippen molar-refractivity contribution in [3.63, 3.8) is 0 Å². The summed E-state index contributed by atoms with van der Waals surface area (Å²) in [5.74, 6) is -0.156. The van der Waals surface area contributed by atoms with Crippen LogP contribution in [-0.2, 0) is 11.2 Å². The fourth-order valence-electron chi connectivity index (χ4n) is 3.38. The van der Waals surface area contributed by atoms with E-state index in [1.165, 1.54) is 25.6 Å². The number of thiophene rings is 1. The lowest BCUT2D eigenvalue weighted by Gasteiger charge is -2.27. The highest BCUT2D eigenvalue weighted by Crippen LogP contribution is 2.37. The predicted octanol–water partition coefficient (Wildman–Crippen LogP) is 5.07. The van der Waals surface area contributed by atoms with Crippen LogP contribution in [0.3, 0.4) is 0 Å². The van der Waals surface area contributed by atoms with Crippen molar-refractivity contribution in [2.24, 2.45) is 0 Å². The molecule has 7 heteroatoms. The van der Waals surface area contributed by atoms with E-state index in [2.05, 4.69) is 6.07 Å². The molecule has 0 aliphatic carbocycles. The number of halogens is 1. The predicted molar refractivity (Wildman–Crippen MR) is 114 cm³/mol. The third-order valence-corrected chi connectivity index (χ3v) is 6.35. The van der Waals surface area contributed by atoms with Crippen LogP contribution in [0, 0.1) is 0 Å². The smallest absolute Gasteiger partial charge is 0.341 e. The van der Waals surface area contributed by atoms with Gasteiger partial charge in [0.1, 0.15) is 11.3 Å². The lowest BCUT2D eigenvalue weighted by atomic mass is 10.0. The van der Waals surface area contributed by atoms with E-state index in [0.717, 1.165) is 27.3 Å². The maximum absolute atomic E-state index is 13.2. The molecule has 4 rings (SSSR count). The summed E-state index contributed by atoms with van der Waals surface area (Å²) in [4.78, 5) is 28.5. The fraction of sp³-hybridized carbons (Fsp3) is 0.182. The molecule has 0 spiro atoms. The molecule has 0 atom stereocenters. The molecule has 0 radical (unpaired) electrons. The Labute approximate surface area is 177 Å². The summed E-state index contributed by atoms with van der Waals surface area (Å²) in [7, 11) is 2.81. The van der Waals surface area contributed by atoms with Crippen molar-refractivity contribution in [1.29, 1.82) is 0 Å². The molecule has 5 nitrogen and oxygen atoms in total. The average molecular weight is 428 g/mol. The van der Waals surface area contributed by atoms with Crippen LogP contribution in [0.25, 0.3) is 10.4 Å². The molecular formula is C22H18ClNO4S. The molecule has 0 N–H and O–H groups in total. The quantitative estimate of drug-likeness (QED) is 0.545. The fourth-order valence-corrected chi connectivity index (χ4v) is 4.67. The van der Waals surface area contributed by atoms with Gasteiger partial charge < -0.3 is 14.4 Å². The highest BCUT2D eigenvalue weighted by molar-refractivity contribution is 7.17. The number of ether oxygens (including phenoxy) is 2. The highest BCUT2D eigenvalue weighted by Gasteiger charge is 2.29. The van der Waals surface area contributed by atoms with Crippen LogP contribution in [-0.4, -0.2) is 32.6 Å². The van der Waals surface area contributed by atoms with E-state index in [9.17, 15) is 9.59 Å². The minimum atomic E-state index is -0.480. The number of fused-ring (bicyclic) bond motifs is 1.